The van der Waals surface area contributed by atoms with Gasteiger partial charge in [0, 0.05) is 0 Å². The number of carbonyl (C=O) groups excluding carboxylic acids is 2. The first-order valence-electron chi connectivity index (χ1n) is 10.5. The molecule has 0 N–H and O–H groups in total. The van der Waals surface area contributed by atoms with Gasteiger partial charge in [-0.2, -0.15) is 0 Å². The third-order valence-electron chi connectivity index (χ3n) is 4.87. The summed E-state index contributed by atoms with van der Waals surface area (Å²) in [7, 11) is 0. The van der Waals surface area contributed by atoms with Crippen LogP contribution in [0.25, 0.3) is 0 Å². The van der Waals surface area contributed by atoms with E-state index in [9.17, 15) is 9.59 Å². The van der Waals surface area contributed by atoms with Crippen LogP contribution in [0.15, 0.2) is 109 Å². The SMILES string of the molecule is O=C(OC(=O)c1ccccc1OCc1ccccc1)c1ccccc1OCc1ccccc1. The third kappa shape index (κ3) is 5.86. The molecule has 4 rings (SSSR count). The lowest BCUT2D eigenvalue weighted by molar-refractivity contribution is 0.0392. The summed E-state index contributed by atoms with van der Waals surface area (Å²) in [5.74, 6) is -0.899. The molecule has 0 bridgehead atoms. The lowest BCUT2D eigenvalue weighted by atomic mass is 10.2. The Balaban J connectivity index is 1.45. The molecule has 0 aliphatic rings. The molecule has 4 aromatic rings. The molecule has 0 aliphatic heterocycles. The average molecular weight is 438 g/mol. The summed E-state index contributed by atoms with van der Waals surface area (Å²) < 4.78 is 16.8. The molecule has 0 amide bonds. The highest BCUT2D eigenvalue weighted by atomic mass is 16.6. The summed E-state index contributed by atoms with van der Waals surface area (Å²) in [4.78, 5) is 25.6. The molecule has 0 saturated carbocycles. The van der Waals surface area contributed by atoms with Gasteiger partial charge >= 0.3 is 11.9 Å². The number of ether oxygens (including phenoxy) is 3. The zero-order valence-corrected chi connectivity index (χ0v) is 17.8. The zero-order chi connectivity index (χ0) is 22.9. The molecule has 33 heavy (non-hydrogen) atoms. The number of hydrogen-bond acceptors (Lipinski definition) is 5. The van der Waals surface area contributed by atoms with Gasteiger partial charge in [-0.1, -0.05) is 84.9 Å². The van der Waals surface area contributed by atoms with Crippen LogP contribution in [0.3, 0.4) is 0 Å². The van der Waals surface area contributed by atoms with Crippen LogP contribution in [0.2, 0.25) is 0 Å². The molecule has 0 saturated heterocycles. The van der Waals surface area contributed by atoms with Crippen LogP contribution in [0.5, 0.6) is 11.5 Å². The Kier molecular flexibility index (Phi) is 7.13. The Morgan fingerprint density at radius 3 is 1.27 bits per heavy atom. The second-order valence-electron chi connectivity index (χ2n) is 7.22. The summed E-state index contributed by atoms with van der Waals surface area (Å²) >= 11 is 0. The molecule has 5 nitrogen and oxygen atoms in total. The van der Waals surface area contributed by atoms with Crippen molar-refractivity contribution < 1.29 is 23.8 Å². The monoisotopic (exact) mass is 438 g/mol. The first-order chi connectivity index (χ1) is 16.2. The molecular weight excluding hydrogens is 416 g/mol. The highest BCUT2D eigenvalue weighted by Crippen LogP contribution is 2.24. The molecule has 164 valence electrons. The van der Waals surface area contributed by atoms with E-state index in [4.69, 9.17) is 14.2 Å². The number of esters is 2. The van der Waals surface area contributed by atoms with Crippen molar-refractivity contribution in [1.29, 1.82) is 0 Å². The summed E-state index contributed by atoms with van der Waals surface area (Å²) in [6, 6.07) is 32.5. The molecule has 0 unspecified atom stereocenters. The van der Waals surface area contributed by atoms with Crippen LogP contribution < -0.4 is 9.47 Å². The second kappa shape index (κ2) is 10.8. The largest absolute Gasteiger partial charge is 0.488 e. The third-order valence-corrected chi connectivity index (χ3v) is 4.87. The predicted octanol–water partition coefficient (Wildman–Crippen LogP) is 5.84. The van der Waals surface area contributed by atoms with Crippen molar-refractivity contribution in [1.82, 2.24) is 0 Å². The van der Waals surface area contributed by atoms with Crippen molar-refractivity contribution in [2.75, 3.05) is 0 Å². The molecule has 0 aliphatic carbocycles. The summed E-state index contributed by atoms with van der Waals surface area (Å²) in [5.41, 5.74) is 2.26. The average Bonchev–Trinajstić information content (AvgIpc) is 2.87. The Hall–Kier alpha value is -4.38. The van der Waals surface area contributed by atoms with Crippen molar-refractivity contribution in [2.45, 2.75) is 13.2 Å². The smallest absolute Gasteiger partial charge is 0.349 e. The highest BCUT2D eigenvalue weighted by molar-refractivity contribution is 6.04. The second-order valence-corrected chi connectivity index (χ2v) is 7.22. The van der Waals surface area contributed by atoms with Crippen LogP contribution >= 0.6 is 0 Å². The Morgan fingerprint density at radius 2 is 0.848 bits per heavy atom. The van der Waals surface area contributed by atoms with Crippen LogP contribution in [-0.4, -0.2) is 11.9 Å². The fraction of sp³-hybridized carbons (Fsp3) is 0.0714. The maximum absolute atomic E-state index is 12.8. The van der Waals surface area contributed by atoms with Gasteiger partial charge in [-0.25, -0.2) is 9.59 Å². The number of carbonyl (C=O) groups is 2. The van der Waals surface area contributed by atoms with Crippen LogP contribution in [-0.2, 0) is 18.0 Å². The molecular formula is C28H22O5. The zero-order valence-electron chi connectivity index (χ0n) is 17.8. The van der Waals surface area contributed by atoms with Crippen LogP contribution in [0.4, 0.5) is 0 Å². The van der Waals surface area contributed by atoms with E-state index < -0.39 is 11.9 Å². The van der Waals surface area contributed by atoms with Crippen molar-refractivity contribution in [3.63, 3.8) is 0 Å². The first kappa shape index (κ1) is 21.8. The normalized spacial score (nSPS) is 10.3. The number of rotatable bonds is 8. The van der Waals surface area contributed by atoms with Gasteiger partial charge in [0.15, 0.2) is 0 Å². The van der Waals surface area contributed by atoms with Gasteiger partial charge in [0.1, 0.15) is 35.8 Å². The van der Waals surface area contributed by atoms with E-state index >= 15 is 0 Å². The maximum atomic E-state index is 12.8. The van der Waals surface area contributed by atoms with Gasteiger partial charge in [-0.05, 0) is 35.4 Å². The Morgan fingerprint density at radius 1 is 0.485 bits per heavy atom. The molecule has 5 heteroatoms. The lowest BCUT2D eigenvalue weighted by Gasteiger charge is -2.12. The number of para-hydroxylation sites is 2. The summed E-state index contributed by atoms with van der Waals surface area (Å²) in [6.45, 7) is 0.574. The minimum absolute atomic E-state index is 0.171. The fourth-order valence-electron chi connectivity index (χ4n) is 3.19. The van der Waals surface area contributed by atoms with Gasteiger partial charge in [0.2, 0.25) is 0 Å². The van der Waals surface area contributed by atoms with Gasteiger partial charge in [-0.3, -0.25) is 0 Å². The molecule has 0 aromatic heterocycles. The van der Waals surface area contributed by atoms with Gasteiger partial charge in [-0.15, -0.1) is 0 Å². The summed E-state index contributed by atoms with van der Waals surface area (Å²) in [5, 5.41) is 0. The van der Waals surface area contributed by atoms with Crippen molar-refractivity contribution in [3.05, 3.63) is 131 Å². The molecule has 0 fully saturated rings. The summed E-state index contributed by atoms with van der Waals surface area (Å²) in [6.07, 6.45) is 0. The van der Waals surface area contributed by atoms with E-state index in [0.717, 1.165) is 11.1 Å². The number of benzene rings is 4. The van der Waals surface area contributed by atoms with Crippen LogP contribution in [0.1, 0.15) is 31.8 Å². The maximum Gasteiger partial charge on any atom is 0.349 e. The molecule has 0 heterocycles. The molecule has 0 atom stereocenters. The molecule has 0 radical (unpaired) electrons. The van der Waals surface area contributed by atoms with Gasteiger partial charge < -0.3 is 14.2 Å². The topological polar surface area (TPSA) is 61.8 Å². The first-order valence-corrected chi connectivity index (χ1v) is 10.5. The van der Waals surface area contributed by atoms with Crippen molar-refractivity contribution >= 4 is 11.9 Å². The van der Waals surface area contributed by atoms with E-state index in [-0.39, 0.29) is 24.3 Å². The minimum Gasteiger partial charge on any atom is -0.488 e. The quantitative estimate of drug-likeness (QED) is 0.255. The standard InChI is InChI=1S/C28H22O5/c29-27(23-15-7-9-17-25(23)31-19-21-11-3-1-4-12-21)33-28(30)24-16-8-10-18-26(24)32-20-22-13-5-2-6-14-22/h1-18H,19-20H2. The van der Waals surface area contributed by atoms with E-state index in [1.165, 1.54) is 0 Å². The van der Waals surface area contributed by atoms with Gasteiger partial charge in [0.25, 0.3) is 0 Å². The number of hydrogen-bond donors (Lipinski definition) is 0. The Bertz CT molecular complexity index is 1120. The van der Waals surface area contributed by atoms with E-state index in [2.05, 4.69) is 0 Å². The lowest BCUT2D eigenvalue weighted by Crippen LogP contribution is -2.15. The molecule has 0 spiro atoms. The van der Waals surface area contributed by atoms with E-state index in [0.29, 0.717) is 11.5 Å². The Labute approximate surface area is 192 Å². The van der Waals surface area contributed by atoms with E-state index in [1.807, 2.05) is 60.7 Å². The van der Waals surface area contributed by atoms with Crippen molar-refractivity contribution in [3.8, 4) is 11.5 Å². The van der Waals surface area contributed by atoms with E-state index in [1.54, 1.807) is 48.5 Å². The van der Waals surface area contributed by atoms with Crippen molar-refractivity contribution in [2.24, 2.45) is 0 Å². The predicted molar refractivity (Wildman–Crippen MR) is 124 cm³/mol. The fourth-order valence-corrected chi connectivity index (χ4v) is 3.19. The molecule has 4 aromatic carbocycles. The van der Waals surface area contributed by atoms with Crippen LogP contribution in [0, 0.1) is 0 Å². The van der Waals surface area contributed by atoms with Gasteiger partial charge in [0.05, 0.1) is 0 Å². The highest BCUT2D eigenvalue weighted by Gasteiger charge is 2.21. The minimum atomic E-state index is -0.790.